The van der Waals surface area contributed by atoms with E-state index in [9.17, 15) is 27.5 Å². The van der Waals surface area contributed by atoms with Crippen LogP contribution in [-0.4, -0.2) is 21.7 Å². The lowest BCUT2D eigenvalue weighted by Gasteiger charge is -2.16. The van der Waals surface area contributed by atoms with E-state index in [4.69, 9.17) is 4.74 Å². The highest BCUT2D eigenvalue weighted by molar-refractivity contribution is 5.73. The van der Waals surface area contributed by atoms with Crippen molar-refractivity contribution in [2.45, 2.75) is 51.4 Å². The molecule has 8 heteroatoms. The maximum Gasteiger partial charge on any atom is 0.416 e. The molecule has 0 bridgehead atoms. The molecule has 1 heterocycles. The summed E-state index contributed by atoms with van der Waals surface area (Å²) in [4.78, 5) is 11.7. The van der Waals surface area contributed by atoms with Gasteiger partial charge in [-0.2, -0.15) is 13.2 Å². The second-order valence-electron chi connectivity index (χ2n) is 9.41. The number of carboxylic acids is 1. The molecule has 204 valence electrons. The molecule has 0 aliphatic rings. The zero-order valence-electron chi connectivity index (χ0n) is 21.4. The highest BCUT2D eigenvalue weighted by atomic mass is 19.4. The van der Waals surface area contributed by atoms with Crippen LogP contribution in [0.5, 0.6) is 5.75 Å². The summed E-state index contributed by atoms with van der Waals surface area (Å²) >= 11 is 0. The molecular weight excluding hydrogens is 510 g/mol. The van der Waals surface area contributed by atoms with Gasteiger partial charge >= 0.3 is 12.1 Å². The molecular formula is C31H29F4NO3. The monoisotopic (exact) mass is 539 g/mol. The van der Waals surface area contributed by atoms with Crippen LogP contribution in [-0.2, 0) is 43.2 Å². The zero-order valence-corrected chi connectivity index (χ0v) is 21.4. The summed E-state index contributed by atoms with van der Waals surface area (Å²) in [5.74, 6) is -1.45. The Balaban J connectivity index is 1.39. The van der Waals surface area contributed by atoms with E-state index in [0.29, 0.717) is 18.7 Å². The molecule has 1 atom stereocenters. The minimum Gasteiger partial charge on any atom is -0.478 e. The zero-order chi connectivity index (χ0) is 28.0. The number of benzene rings is 3. The topological polar surface area (TPSA) is 51.5 Å². The first-order valence-electron chi connectivity index (χ1n) is 12.6. The van der Waals surface area contributed by atoms with E-state index >= 15 is 0 Å². The number of alkyl halides is 3. The molecule has 0 unspecified atom stereocenters. The highest BCUT2D eigenvalue weighted by Gasteiger charge is 2.34. The van der Waals surface area contributed by atoms with Crippen molar-refractivity contribution in [2.24, 2.45) is 0 Å². The minimum absolute atomic E-state index is 0.0648. The first-order chi connectivity index (χ1) is 18.6. The van der Waals surface area contributed by atoms with Crippen LogP contribution in [0.3, 0.4) is 0 Å². The summed E-state index contributed by atoms with van der Waals surface area (Å²) in [5, 5.41) is 9.57. The van der Waals surface area contributed by atoms with Gasteiger partial charge in [-0.1, -0.05) is 48.5 Å². The van der Waals surface area contributed by atoms with Crippen LogP contribution in [0.2, 0.25) is 0 Å². The molecule has 1 N–H and O–H groups in total. The van der Waals surface area contributed by atoms with Crippen molar-refractivity contribution in [1.82, 2.24) is 4.57 Å². The molecule has 0 saturated heterocycles. The Morgan fingerprint density at radius 1 is 0.872 bits per heavy atom. The quantitative estimate of drug-likeness (QED) is 0.208. The highest BCUT2D eigenvalue weighted by Crippen LogP contribution is 2.33. The number of hydrogen-bond acceptors (Lipinski definition) is 2. The van der Waals surface area contributed by atoms with Gasteiger partial charge in [0, 0.05) is 29.9 Å². The number of halogens is 4. The number of nitrogens with zero attached hydrogens (tertiary/aromatic N) is 1. The standard InChI is InChI=1S/C31H29F4NO3/c1-21-10-13-24(14-17-26-27(31(33,34)35)8-5-9-28(26)32)36(21)19-18-22-11-15-25(16-12-22)39-29(30(37)38)20-23-6-3-2-4-7-23/h2-13,15-16,29H,14,17-20H2,1H3,(H,37,38)/t29-/m1/s1. The van der Waals surface area contributed by atoms with Crippen molar-refractivity contribution < 1.29 is 32.2 Å². The van der Waals surface area contributed by atoms with Crippen LogP contribution in [0.25, 0.3) is 0 Å². The summed E-state index contributed by atoms with van der Waals surface area (Å²) in [6.07, 6.45) is -4.55. The SMILES string of the molecule is Cc1ccc(CCc2c(F)cccc2C(F)(F)F)n1CCc1ccc(O[C@H](Cc2ccccc2)C(=O)O)cc1. The molecule has 0 saturated carbocycles. The van der Waals surface area contributed by atoms with Crippen LogP contribution < -0.4 is 4.74 Å². The summed E-state index contributed by atoms with van der Waals surface area (Å²) in [5.41, 5.74) is 2.38. The number of carboxylic acid groups (broad SMARTS) is 1. The molecule has 3 aromatic carbocycles. The predicted octanol–water partition coefficient (Wildman–Crippen LogP) is 7.06. The first-order valence-corrected chi connectivity index (χ1v) is 12.6. The van der Waals surface area contributed by atoms with Gasteiger partial charge < -0.3 is 14.4 Å². The summed E-state index contributed by atoms with van der Waals surface area (Å²) in [6, 6.07) is 23.3. The average Bonchev–Trinajstić information content (AvgIpc) is 3.26. The minimum atomic E-state index is -4.61. The summed E-state index contributed by atoms with van der Waals surface area (Å²) in [6.45, 7) is 2.51. The first kappa shape index (κ1) is 28.0. The molecule has 0 radical (unpaired) electrons. The second kappa shape index (κ2) is 12.2. The van der Waals surface area contributed by atoms with Gasteiger partial charge in [-0.05, 0) is 73.7 Å². The Hall–Kier alpha value is -4.07. The fourth-order valence-electron chi connectivity index (χ4n) is 4.64. The van der Waals surface area contributed by atoms with Gasteiger partial charge in [0.2, 0.25) is 0 Å². The maximum absolute atomic E-state index is 14.3. The van der Waals surface area contributed by atoms with E-state index in [0.717, 1.165) is 40.7 Å². The number of aromatic nitrogens is 1. The number of aliphatic carboxylic acids is 1. The van der Waals surface area contributed by atoms with Crippen LogP contribution in [0.4, 0.5) is 17.6 Å². The van der Waals surface area contributed by atoms with Gasteiger partial charge in [-0.15, -0.1) is 0 Å². The van der Waals surface area contributed by atoms with E-state index in [1.54, 1.807) is 12.1 Å². The number of carbonyl (C=O) groups is 1. The van der Waals surface area contributed by atoms with Gasteiger partial charge in [-0.25, -0.2) is 9.18 Å². The number of hydrogen-bond donors (Lipinski definition) is 1. The van der Waals surface area contributed by atoms with Crippen molar-refractivity contribution in [2.75, 3.05) is 0 Å². The van der Waals surface area contributed by atoms with Gasteiger partial charge in [0.25, 0.3) is 0 Å². The Labute approximate surface area is 224 Å². The van der Waals surface area contributed by atoms with Gasteiger partial charge in [0.1, 0.15) is 11.6 Å². The van der Waals surface area contributed by atoms with E-state index in [1.807, 2.05) is 66.1 Å². The molecule has 0 amide bonds. The normalized spacial score (nSPS) is 12.3. The van der Waals surface area contributed by atoms with E-state index in [-0.39, 0.29) is 24.8 Å². The lowest BCUT2D eigenvalue weighted by Crippen LogP contribution is -2.29. The Morgan fingerprint density at radius 2 is 1.59 bits per heavy atom. The molecule has 0 spiro atoms. The molecule has 1 aromatic heterocycles. The summed E-state index contributed by atoms with van der Waals surface area (Å²) in [7, 11) is 0. The van der Waals surface area contributed by atoms with E-state index in [1.165, 1.54) is 0 Å². The molecule has 4 nitrogen and oxygen atoms in total. The predicted molar refractivity (Wildman–Crippen MR) is 140 cm³/mol. The second-order valence-corrected chi connectivity index (χ2v) is 9.41. The third kappa shape index (κ3) is 7.28. The number of rotatable bonds is 11. The number of ether oxygens (including phenoxy) is 1. The van der Waals surface area contributed by atoms with Crippen molar-refractivity contribution in [3.05, 3.63) is 124 Å². The van der Waals surface area contributed by atoms with Crippen LogP contribution in [0, 0.1) is 12.7 Å². The fourth-order valence-corrected chi connectivity index (χ4v) is 4.64. The maximum atomic E-state index is 14.3. The Morgan fingerprint density at radius 3 is 2.26 bits per heavy atom. The third-order valence-corrected chi connectivity index (χ3v) is 6.71. The lowest BCUT2D eigenvalue weighted by atomic mass is 10.0. The van der Waals surface area contributed by atoms with E-state index in [2.05, 4.69) is 0 Å². The molecule has 0 aliphatic carbocycles. The van der Waals surface area contributed by atoms with Crippen molar-refractivity contribution >= 4 is 5.97 Å². The molecule has 4 aromatic rings. The molecule has 0 aliphatic heterocycles. The van der Waals surface area contributed by atoms with Crippen molar-refractivity contribution in [3.8, 4) is 5.75 Å². The van der Waals surface area contributed by atoms with Crippen LogP contribution in [0.15, 0.2) is 84.9 Å². The van der Waals surface area contributed by atoms with E-state index < -0.39 is 29.6 Å². The Bertz CT molecular complexity index is 1400. The third-order valence-electron chi connectivity index (χ3n) is 6.71. The molecule has 4 rings (SSSR count). The van der Waals surface area contributed by atoms with Crippen molar-refractivity contribution in [3.63, 3.8) is 0 Å². The summed E-state index contributed by atoms with van der Waals surface area (Å²) < 4.78 is 62.1. The smallest absolute Gasteiger partial charge is 0.416 e. The van der Waals surface area contributed by atoms with Crippen LogP contribution >= 0.6 is 0 Å². The largest absolute Gasteiger partial charge is 0.478 e. The number of aryl methyl sites for hydroxylation is 3. The fraction of sp³-hybridized carbons (Fsp3) is 0.258. The van der Waals surface area contributed by atoms with Gasteiger partial charge in [0.05, 0.1) is 5.56 Å². The lowest BCUT2D eigenvalue weighted by molar-refractivity contribution is -0.145. The average molecular weight is 540 g/mol. The van der Waals surface area contributed by atoms with Gasteiger partial charge in [0.15, 0.2) is 6.10 Å². The van der Waals surface area contributed by atoms with Gasteiger partial charge in [-0.3, -0.25) is 0 Å². The van der Waals surface area contributed by atoms with Crippen LogP contribution in [0.1, 0.15) is 33.6 Å². The molecule has 39 heavy (non-hydrogen) atoms. The Kier molecular flexibility index (Phi) is 8.74. The van der Waals surface area contributed by atoms with Crippen molar-refractivity contribution in [1.29, 1.82) is 0 Å². The molecule has 0 fully saturated rings.